The van der Waals surface area contributed by atoms with E-state index in [2.05, 4.69) is 16.5 Å². The third kappa shape index (κ3) is 2.64. The molecule has 26 heavy (non-hydrogen) atoms. The van der Waals surface area contributed by atoms with E-state index in [0.29, 0.717) is 30.1 Å². The van der Waals surface area contributed by atoms with Crippen molar-refractivity contribution in [3.05, 3.63) is 48.9 Å². The molecule has 6 nitrogen and oxygen atoms in total. The number of oxazole rings is 1. The molecular weight excluding hydrogens is 349 g/mol. The van der Waals surface area contributed by atoms with Gasteiger partial charge in [-0.2, -0.15) is 13.2 Å². The number of hydrogen-bond donors (Lipinski definition) is 0. The van der Waals surface area contributed by atoms with Crippen LogP contribution in [0.25, 0.3) is 22.7 Å². The largest absolute Gasteiger partial charge is 0.443 e. The Kier molecular flexibility index (Phi) is 3.76. The fraction of sp³-hybridized carbons (Fsp3) is 0.294. The summed E-state index contributed by atoms with van der Waals surface area (Å²) in [7, 11) is 1.62. The van der Waals surface area contributed by atoms with Crippen molar-refractivity contribution in [2.45, 2.75) is 12.3 Å². The number of pyridine rings is 1. The van der Waals surface area contributed by atoms with Gasteiger partial charge in [0, 0.05) is 26.4 Å². The summed E-state index contributed by atoms with van der Waals surface area (Å²) in [6, 6.07) is 1.01. The van der Waals surface area contributed by atoms with Crippen molar-refractivity contribution in [3.8, 4) is 11.3 Å². The minimum Gasteiger partial charge on any atom is -0.443 e. The number of nitrogens with zero attached hydrogens (tertiary/aromatic N) is 4. The summed E-state index contributed by atoms with van der Waals surface area (Å²) < 4.78 is 52.0. The third-order valence-electron chi connectivity index (χ3n) is 4.49. The zero-order chi connectivity index (χ0) is 18.5. The first-order chi connectivity index (χ1) is 12.4. The van der Waals surface area contributed by atoms with Crippen molar-refractivity contribution >= 4 is 11.3 Å². The number of imidazole rings is 1. The van der Waals surface area contributed by atoms with Crippen LogP contribution in [-0.2, 0) is 10.9 Å². The van der Waals surface area contributed by atoms with E-state index in [4.69, 9.17) is 9.15 Å². The average molecular weight is 364 g/mol. The summed E-state index contributed by atoms with van der Waals surface area (Å²) in [5.41, 5.74) is 0.835. The zero-order valence-corrected chi connectivity index (χ0v) is 13.8. The summed E-state index contributed by atoms with van der Waals surface area (Å²) in [6.07, 6.45) is 0.649. The first-order valence-electron chi connectivity index (χ1n) is 7.82. The molecule has 0 amide bonds. The van der Waals surface area contributed by atoms with Gasteiger partial charge in [-0.05, 0) is 6.07 Å². The Bertz CT molecular complexity index is 956. The van der Waals surface area contributed by atoms with Crippen molar-refractivity contribution in [2.24, 2.45) is 0 Å². The average Bonchev–Trinajstić information content (AvgIpc) is 3.21. The number of rotatable bonds is 4. The molecule has 0 aromatic carbocycles. The van der Waals surface area contributed by atoms with E-state index in [9.17, 15) is 13.2 Å². The quantitative estimate of drug-likeness (QED) is 0.711. The van der Waals surface area contributed by atoms with E-state index < -0.39 is 11.7 Å². The van der Waals surface area contributed by atoms with Gasteiger partial charge in [-0.15, -0.1) is 0 Å². The van der Waals surface area contributed by atoms with Crippen LogP contribution < -0.4 is 0 Å². The third-order valence-corrected chi connectivity index (χ3v) is 4.49. The summed E-state index contributed by atoms with van der Waals surface area (Å²) in [6.45, 7) is 5.29. The van der Waals surface area contributed by atoms with Gasteiger partial charge < -0.3 is 14.1 Å². The maximum atomic E-state index is 13.4. The van der Waals surface area contributed by atoms with Gasteiger partial charge in [-0.1, -0.05) is 6.58 Å². The lowest BCUT2D eigenvalue weighted by Crippen LogP contribution is -2.50. The Morgan fingerprint density at radius 2 is 2.12 bits per heavy atom. The fourth-order valence-corrected chi connectivity index (χ4v) is 2.96. The Labute approximate surface area is 146 Å². The molecule has 136 valence electrons. The van der Waals surface area contributed by atoms with Gasteiger partial charge in [-0.3, -0.25) is 4.40 Å². The molecule has 1 saturated heterocycles. The number of halogens is 3. The van der Waals surface area contributed by atoms with Gasteiger partial charge >= 0.3 is 6.18 Å². The molecular formula is C17H15F3N4O2. The predicted octanol–water partition coefficient (Wildman–Crippen LogP) is 3.31. The highest BCUT2D eigenvalue weighted by atomic mass is 19.4. The number of likely N-dealkylation sites (tertiary alicyclic amines) is 1. The highest BCUT2D eigenvalue weighted by molar-refractivity contribution is 5.77. The number of aromatic nitrogens is 3. The first kappa shape index (κ1) is 16.6. The van der Waals surface area contributed by atoms with Crippen molar-refractivity contribution in [1.82, 2.24) is 19.3 Å². The van der Waals surface area contributed by atoms with Gasteiger partial charge in [0.1, 0.15) is 5.65 Å². The molecule has 1 fully saturated rings. The van der Waals surface area contributed by atoms with E-state index >= 15 is 0 Å². The van der Waals surface area contributed by atoms with Gasteiger partial charge in [0.05, 0.1) is 41.0 Å². The molecule has 1 aliphatic rings. The van der Waals surface area contributed by atoms with Crippen LogP contribution in [-0.4, -0.2) is 45.6 Å². The topological polar surface area (TPSA) is 55.8 Å². The highest BCUT2D eigenvalue weighted by Crippen LogP contribution is 2.35. The first-order valence-corrected chi connectivity index (χ1v) is 7.82. The lowest BCUT2D eigenvalue weighted by molar-refractivity contribution is -0.137. The van der Waals surface area contributed by atoms with Crippen LogP contribution in [0.4, 0.5) is 13.2 Å². The number of fused-ring (bicyclic) bond motifs is 1. The van der Waals surface area contributed by atoms with Crippen molar-refractivity contribution in [1.29, 1.82) is 0 Å². The maximum absolute atomic E-state index is 13.4. The minimum absolute atomic E-state index is 0.0985. The normalized spacial score (nSPS) is 15.5. The predicted molar refractivity (Wildman–Crippen MR) is 87.1 cm³/mol. The molecule has 4 heterocycles. The summed E-state index contributed by atoms with van der Waals surface area (Å²) in [5.74, 6) is 0.215. The molecule has 0 unspecified atom stereocenters. The van der Waals surface area contributed by atoms with Gasteiger partial charge in [0.25, 0.3) is 0 Å². The lowest BCUT2D eigenvalue weighted by Gasteiger charge is -2.40. The molecule has 1 aliphatic heterocycles. The molecule has 0 spiro atoms. The summed E-state index contributed by atoms with van der Waals surface area (Å²) in [4.78, 5) is 10.0. The Balaban J connectivity index is 1.84. The van der Waals surface area contributed by atoms with Crippen molar-refractivity contribution < 1.29 is 22.3 Å². The van der Waals surface area contributed by atoms with Crippen LogP contribution in [0, 0.1) is 0 Å². The van der Waals surface area contributed by atoms with Crippen LogP contribution in [0.15, 0.2) is 42.0 Å². The zero-order valence-electron chi connectivity index (χ0n) is 13.8. The number of alkyl halides is 3. The minimum atomic E-state index is -4.51. The second-order valence-corrected chi connectivity index (χ2v) is 6.05. The number of hydrogen-bond acceptors (Lipinski definition) is 5. The molecule has 0 saturated carbocycles. The molecule has 3 aromatic rings. The van der Waals surface area contributed by atoms with E-state index in [1.165, 1.54) is 23.2 Å². The second kappa shape index (κ2) is 5.87. The smallest absolute Gasteiger partial charge is 0.417 e. The number of methoxy groups -OCH3 is 1. The SMILES string of the molecule is C=C(c1cnc2c(-c3cnco3)cc(C(F)(F)F)cn12)N1CC(OC)C1. The Hall–Kier alpha value is -2.81. The summed E-state index contributed by atoms with van der Waals surface area (Å²) in [5, 5.41) is 0. The lowest BCUT2D eigenvalue weighted by atomic mass is 10.1. The second-order valence-electron chi connectivity index (χ2n) is 6.05. The van der Waals surface area contributed by atoms with Gasteiger partial charge in [0.15, 0.2) is 12.2 Å². The molecule has 0 aliphatic carbocycles. The van der Waals surface area contributed by atoms with E-state index in [-0.39, 0.29) is 17.4 Å². The fourth-order valence-electron chi connectivity index (χ4n) is 2.96. The van der Waals surface area contributed by atoms with E-state index in [1.54, 1.807) is 7.11 Å². The molecule has 0 N–H and O–H groups in total. The molecule has 0 atom stereocenters. The van der Waals surface area contributed by atoms with Gasteiger partial charge in [0.2, 0.25) is 0 Å². The molecule has 3 aromatic heterocycles. The standard InChI is InChI=1S/C17H15F3N4O2/c1-10(23-7-12(8-23)25-2)14-4-22-16-13(15-5-21-9-26-15)3-11(6-24(14)16)17(18,19)20/h3-6,9,12H,1,7-8H2,2H3. The molecule has 0 radical (unpaired) electrons. The number of ether oxygens (including phenoxy) is 1. The van der Waals surface area contributed by atoms with Crippen LogP contribution in [0.3, 0.4) is 0 Å². The van der Waals surface area contributed by atoms with Crippen LogP contribution in [0.1, 0.15) is 11.3 Å². The van der Waals surface area contributed by atoms with Crippen molar-refractivity contribution in [3.63, 3.8) is 0 Å². The van der Waals surface area contributed by atoms with E-state index in [1.807, 2.05) is 4.90 Å². The molecule has 0 bridgehead atoms. The Morgan fingerprint density at radius 3 is 2.73 bits per heavy atom. The highest BCUT2D eigenvalue weighted by Gasteiger charge is 2.34. The summed E-state index contributed by atoms with van der Waals surface area (Å²) >= 11 is 0. The van der Waals surface area contributed by atoms with Crippen LogP contribution >= 0.6 is 0 Å². The monoisotopic (exact) mass is 364 g/mol. The van der Waals surface area contributed by atoms with Crippen molar-refractivity contribution in [2.75, 3.05) is 20.2 Å². The Morgan fingerprint density at radius 1 is 1.35 bits per heavy atom. The van der Waals surface area contributed by atoms with Crippen LogP contribution in [0.2, 0.25) is 0 Å². The molecule has 4 rings (SSSR count). The maximum Gasteiger partial charge on any atom is 0.417 e. The van der Waals surface area contributed by atoms with E-state index in [0.717, 1.165) is 12.3 Å². The molecule has 9 heteroatoms. The van der Waals surface area contributed by atoms with Crippen LogP contribution in [0.5, 0.6) is 0 Å². The van der Waals surface area contributed by atoms with Gasteiger partial charge in [-0.25, -0.2) is 9.97 Å².